The number of methoxy groups -OCH3 is 1. The van der Waals surface area contributed by atoms with Crippen molar-refractivity contribution in [2.75, 3.05) is 20.3 Å². The highest BCUT2D eigenvalue weighted by Gasteiger charge is 2.39. The van der Waals surface area contributed by atoms with Crippen molar-refractivity contribution in [2.24, 2.45) is 0 Å². The monoisotopic (exact) mass is 365 g/mol. The van der Waals surface area contributed by atoms with E-state index in [1.807, 2.05) is 36.4 Å². The van der Waals surface area contributed by atoms with Crippen molar-refractivity contribution in [3.8, 4) is 11.5 Å². The number of rotatable bonds is 5. The SMILES string of the molecule is COc1ccc2c3c([nH]c2c1)C(C)(C)c1cc(OCCCO)ccc1C3=O. The van der Waals surface area contributed by atoms with Gasteiger partial charge in [0.05, 0.1) is 24.8 Å². The van der Waals surface area contributed by atoms with Crippen LogP contribution < -0.4 is 9.47 Å². The van der Waals surface area contributed by atoms with Crippen LogP contribution in [0.4, 0.5) is 0 Å². The second-order valence-electron chi connectivity index (χ2n) is 7.37. The molecule has 0 amide bonds. The van der Waals surface area contributed by atoms with Gasteiger partial charge in [-0.05, 0) is 35.9 Å². The summed E-state index contributed by atoms with van der Waals surface area (Å²) in [5.41, 5.74) is 3.82. The molecule has 5 heteroatoms. The van der Waals surface area contributed by atoms with E-state index in [4.69, 9.17) is 14.6 Å². The van der Waals surface area contributed by atoms with Crippen LogP contribution in [-0.4, -0.2) is 36.2 Å². The maximum absolute atomic E-state index is 13.3. The minimum atomic E-state index is -0.374. The topological polar surface area (TPSA) is 71.6 Å². The molecule has 1 aliphatic carbocycles. The van der Waals surface area contributed by atoms with Crippen LogP contribution in [-0.2, 0) is 5.41 Å². The molecule has 5 nitrogen and oxygen atoms in total. The van der Waals surface area contributed by atoms with Crippen molar-refractivity contribution in [2.45, 2.75) is 25.7 Å². The second-order valence-corrected chi connectivity index (χ2v) is 7.37. The summed E-state index contributed by atoms with van der Waals surface area (Å²) in [7, 11) is 1.63. The Morgan fingerprint density at radius 1 is 1.11 bits per heavy atom. The van der Waals surface area contributed by atoms with Crippen molar-refractivity contribution in [3.05, 3.63) is 58.8 Å². The molecule has 0 aliphatic heterocycles. The Hall–Kier alpha value is -2.79. The van der Waals surface area contributed by atoms with Gasteiger partial charge in [0, 0.05) is 41.2 Å². The largest absolute Gasteiger partial charge is 0.497 e. The fourth-order valence-corrected chi connectivity index (χ4v) is 3.86. The number of aromatic nitrogens is 1. The molecule has 0 unspecified atom stereocenters. The first kappa shape index (κ1) is 17.6. The van der Waals surface area contributed by atoms with Crippen LogP contribution >= 0.6 is 0 Å². The van der Waals surface area contributed by atoms with E-state index in [-0.39, 0.29) is 17.8 Å². The zero-order chi connectivity index (χ0) is 19.2. The van der Waals surface area contributed by atoms with Gasteiger partial charge in [-0.3, -0.25) is 4.79 Å². The van der Waals surface area contributed by atoms with E-state index in [9.17, 15) is 4.79 Å². The molecule has 4 rings (SSSR count). The smallest absolute Gasteiger partial charge is 0.195 e. The first-order valence-electron chi connectivity index (χ1n) is 9.10. The third-order valence-electron chi connectivity index (χ3n) is 5.34. The number of hydrogen-bond acceptors (Lipinski definition) is 4. The molecule has 0 saturated heterocycles. The van der Waals surface area contributed by atoms with E-state index in [2.05, 4.69) is 18.8 Å². The van der Waals surface area contributed by atoms with Crippen LogP contribution in [0.15, 0.2) is 36.4 Å². The number of H-pyrrole nitrogens is 1. The number of hydrogen-bond donors (Lipinski definition) is 2. The molecule has 1 aromatic heterocycles. The molecule has 0 saturated carbocycles. The van der Waals surface area contributed by atoms with Gasteiger partial charge in [-0.2, -0.15) is 0 Å². The maximum atomic E-state index is 13.3. The Balaban J connectivity index is 1.85. The Morgan fingerprint density at radius 3 is 2.63 bits per heavy atom. The first-order valence-corrected chi connectivity index (χ1v) is 9.10. The molecule has 1 aliphatic rings. The van der Waals surface area contributed by atoms with Crippen molar-refractivity contribution in [1.82, 2.24) is 4.98 Å². The summed E-state index contributed by atoms with van der Waals surface area (Å²) in [5, 5.41) is 9.85. The summed E-state index contributed by atoms with van der Waals surface area (Å²) in [6, 6.07) is 11.4. The van der Waals surface area contributed by atoms with Crippen molar-refractivity contribution >= 4 is 16.7 Å². The number of ketones is 1. The fourth-order valence-electron chi connectivity index (χ4n) is 3.86. The number of aliphatic hydroxyl groups is 1. The lowest BCUT2D eigenvalue weighted by Gasteiger charge is -2.32. The van der Waals surface area contributed by atoms with E-state index in [0.29, 0.717) is 24.3 Å². The number of nitrogens with one attached hydrogen (secondary N) is 1. The molecule has 2 N–H and O–H groups in total. The summed E-state index contributed by atoms with van der Waals surface area (Å²) in [6.07, 6.45) is 0.577. The van der Waals surface area contributed by atoms with Crippen molar-refractivity contribution in [1.29, 1.82) is 0 Å². The lowest BCUT2D eigenvalue weighted by atomic mass is 9.71. The second kappa shape index (κ2) is 6.43. The minimum absolute atomic E-state index is 0.0256. The predicted octanol–water partition coefficient (Wildman–Crippen LogP) is 3.81. The van der Waals surface area contributed by atoms with Crippen LogP contribution in [0.5, 0.6) is 11.5 Å². The average Bonchev–Trinajstić information content (AvgIpc) is 3.06. The fraction of sp³-hybridized carbons (Fsp3) is 0.318. The van der Waals surface area contributed by atoms with Gasteiger partial charge in [-0.15, -0.1) is 0 Å². The zero-order valence-electron chi connectivity index (χ0n) is 15.8. The van der Waals surface area contributed by atoms with Gasteiger partial charge in [0.15, 0.2) is 5.78 Å². The number of ether oxygens (including phenoxy) is 2. The van der Waals surface area contributed by atoms with Crippen LogP contribution in [0.2, 0.25) is 0 Å². The van der Waals surface area contributed by atoms with E-state index in [1.165, 1.54) is 0 Å². The third-order valence-corrected chi connectivity index (χ3v) is 5.34. The molecule has 140 valence electrons. The molecule has 2 aromatic carbocycles. The molecule has 3 aromatic rings. The predicted molar refractivity (Wildman–Crippen MR) is 104 cm³/mol. The molecule has 27 heavy (non-hydrogen) atoms. The molecule has 0 atom stereocenters. The quantitative estimate of drug-likeness (QED) is 0.675. The van der Waals surface area contributed by atoms with Gasteiger partial charge in [0.25, 0.3) is 0 Å². The summed E-state index contributed by atoms with van der Waals surface area (Å²) in [4.78, 5) is 16.7. The van der Waals surface area contributed by atoms with Gasteiger partial charge in [0.2, 0.25) is 0 Å². The van der Waals surface area contributed by atoms with E-state index in [1.54, 1.807) is 7.11 Å². The lowest BCUT2D eigenvalue weighted by Crippen LogP contribution is -2.30. The highest BCUT2D eigenvalue weighted by Crippen LogP contribution is 2.45. The van der Waals surface area contributed by atoms with Crippen LogP contribution in [0, 0.1) is 0 Å². The summed E-state index contributed by atoms with van der Waals surface area (Å²) >= 11 is 0. The molecule has 0 spiro atoms. The third kappa shape index (κ3) is 2.70. The Kier molecular flexibility index (Phi) is 4.19. The van der Waals surface area contributed by atoms with E-state index >= 15 is 0 Å². The first-order chi connectivity index (χ1) is 13.0. The summed E-state index contributed by atoms with van der Waals surface area (Å²) < 4.78 is 11.0. The van der Waals surface area contributed by atoms with Gasteiger partial charge in [-0.1, -0.05) is 13.8 Å². The van der Waals surface area contributed by atoms with Crippen LogP contribution in [0.3, 0.4) is 0 Å². The molecular weight excluding hydrogens is 342 g/mol. The van der Waals surface area contributed by atoms with Gasteiger partial charge < -0.3 is 19.6 Å². The number of aliphatic hydroxyl groups excluding tert-OH is 1. The molecule has 1 heterocycles. The van der Waals surface area contributed by atoms with Gasteiger partial charge >= 0.3 is 0 Å². The number of fused-ring (bicyclic) bond motifs is 4. The minimum Gasteiger partial charge on any atom is -0.497 e. The highest BCUT2D eigenvalue weighted by molar-refractivity contribution is 6.20. The molecule has 0 radical (unpaired) electrons. The van der Waals surface area contributed by atoms with E-state index < -0.39 is 0 Å². The Labute approximate surface area is 157 Å². The number of carbonyl (C=O) groups excluding carboxylic acids is 1. The van der Waals surface area contributed by atoms with Gasteiger partial charge in [0.1, 0.15) is 11.5 Å². The summed E-state index contributed by atoms with van der Waals surface area (Å²) in [6.45, 7) is 4.76. The normalized spacial score (nSPS) is 14.7. The number of benzene rings is 2. The highest BCUT2D eigenvalue weighted by atomic mass is 16.5. The Morgan fingerprint density at radius 2 is 1.89 bits per heavy atom. The average molecular weight is 365 g/mol. The number of carbonyl (C=O) groups is 1. The zero-order valence-corrected chi connectivity index (χ0v) is 15.8. The van der Waals surface area contributed by atoms with Crippen LogP contribution in [0.1, 0.15) is 47.4 Å². The van der Waals surface area contributed by atoms with Crippen molar-refractivity contribution < 1.29 is 19.4 Å². The van der Waals surface area contributed by atoms with Crippen LogP contribution in [0.25, 0.3) is 10.9 Å². The lowest BCUT2D eigenvalue weighted by molar-refractivity contribution is 0.103. The van der Waals surface area contributed by atoms with Gasteiger partial charge in [-0.25, -0.2) is 0 Å². The molecular formula is C22H23NO4. The molecule has 0 bridgehead atoms. The number of aromatic amines is 1. The standard InChI is InChI=1S/C22H23NO4/c1-22(2)17-11-14(27-10-4-9-24)6-7-15(17)20(25)19-16-8-5-13(26-3)12-18(16)23-21(19)22/h5-8,11-12,23-24H,4,9-10H2,1-3H3. The van der Waals surface area contributed by atoms with E-state index in [0.717, 1.165) is 33.5 Å². The summed E-state index contributed by atoms with van der Waals surface area (Å²) in [5.74, 6) is 1.49. The van der Waals surface area contributed by atoms with Crippen molar-refractivity contribution in [3.63, 3.8) is 0 Å². The maximum Gasteiger partial charge on any atom is 0.195 e. The Bertz CT molecular complexity index is 1030. The molecule has 0 fully saturated rings.